The van der Waals surface area contributed by atoms with Crippen molar-refractivity contribution in [3.05, 3.63) is 40.3 Å². The van der Waals surface area contributed by atoms with Crippen molar-refractivity contribution in [3.63, 3.8) is 0 Å². The van der Waals surface area contributed by atoms with Gasteiger partial charge in [0.1, 0.15) is 16.0 Å². The third-order valence-electron chi connectivity index (χ3n) is 3.51. The number of pyridine rings is 1. The van der Waals surface area contributed by atoms with Crippen LogP contribution in [0.3, 0.4) is 0 Å². The van der Waals surface area contributed by atoms with Gasteiger partial charge in [-0.3, -0.25) is 4.98 Å². The molecule has 0 bridgehead atoms. The molecule has 0 N–H and O–H groups in total. The highest BCUT2D eigenvalue weighted by atomic mass is 35.5. The molecule has 1 aliphatic carbocycles. The van der Waals surface area contributed by atoms with Crippen LogP contribution in [-0.2, 0) is 0 Å². The van der Waals surface area contributed by atoms with E-state index in [1.807, 2.05) is 18.2 Å². The van der Waals surface area contributed by atoms with Crippen molar-refractivity contribution in [2.24, 2.45) is 0 Å². The SMILES string of the molecule is Clc1nc(-c2ccccn2)nc(Cl)c1C1CCCC1. The van der Waals surface area contributed by atoms with Gasteiger partial charge >= 0.3 is 0 Å². The normalized spacial score (nSPS) is 15.9. The van der Waals surface area contributed by atoms with E-state index in [0.717, 1.165) is 18.4 Å². The molecule has 0 aromatic carbocycles. The Kier molecular flexibility index (Phi) is 3.67. The summed E-state index contributed by atoms with van der Waals surface area (Å²) in [4.78, 5) is 12.9. The molecule has 0 spiro atoms. The molecule has 5 heteroatoms. The Morgan fingerprint density at radius 3 is 2.26 bits per heavy atom. The van der Waals surface area contributed by atoms with E-state index in [2.05, 4.69) is 15.0 Å². The van der Waals surface area contributed by atoms with Crippen molar-refractivity contribution in [1.82, 2.24) is 15.0 Å². The number of aromatic nitrogens is 3. The molecule has 0 aliphatic heterocycles. The van der Waals surface area contributed by atoms with Crippen molar-refractivity contribution in [2.75, 3.05) is 0 Å². The minimum Gasteiger partial charge on any atom is -0.253 e. The zero-order valence-electron chi connectivity index (χ0n) is 10.3. The van der Waals surface area contributed by atoms with Gasteiger partial charge < -0.3 is 0 Å². The van der Waals surface area contributed by atoms with Gasteiger partial charge in [0.2, 0.25) is 0 Å². The van der Waals surface area contributed by atoms with Gasteiger partial charge in [0.05, 0.1) is 0 Å². The van der Waals surface area contributed by atoms with E-state index in [1.165, 1.54) is 12.8 Å². The van der Waals surface area contributed by atoms with Crippen LogP contribution in [0, 0.1) is 0 Å². The fraction of sp³-hybridized carbons (Fsp3) is 0.357. The first-order chi connectivity index (χ1) is 9.25. The van der Waals surface area contributed by atoms with E-state index < -0.39 is 0 Å². The molecule has 0 saturated heterocycles. The Hall–Kier alpha value is -1.19. The Balaban J connectivity index is 2.02. The monoisotopic (exact) mass is 293 g/mol. The largest absolute Gasteiger partial charge is 0.253 e. The Morgan fingerprint density at radius 2 is 1.68 bits per heavy atom. The zero-order chi connectivity index (χ0) is 13.2. The molecule has 1 fully saturated rings. The highest BCUT2D eigenvalue weighted by Gasteiger charge is 2.24. The van der Waals surface area contributed by atoms with Gasteiger partial charge in [-0.15, -0.1) is 0 Å². The van der Waals surface area contributed by atoms with E-state index in [9.17, 15) is 0 Å². The predicted octanol–water partition coefficient (Wildman–Crippen LogP) is 4.50. The summed E-state index contributed by atoms with van der Waals surface area (Å²) in [6.07, 6.45) is 6.38. The van der Waals surface area contributed by atoms with Crippen molar-refractivity contribution in [3.8, 4) is 11.5 Å². The van der Waals surface area contributed by atoms with Crippen molar-refractivity contribution in [2.45, 2.75) is 31.6 Å². The Labute approximate surface area is 122 Å². The van der Waals surface area contributed by atoms with Crippen LogP contribution in [0.5, 0.6) is 0 Å². The number of halogens is 2. The van der Waals surface area contributed by atoms with Crippen LogP contribution in [-0.4, -0.2) is 15.0 Å². The number of rotatable bonds is 2. The summed E-state index contributed by atoms with van der Waals surface area (Å²) in [5, 5.41) is 0.931. The number of nitrogens with zero attached hydrogens (tertiary/aromatic N) is 3. The molecule has 19 heavy (non-hydrogen) atoms. The van der Waals surface area contributed by atoms with Gasteiger partial charge in [-0.25, -0.2) is 9.97 Å². The summed E-state index contributed by atoms with van der Waals surface area (Å²) in [6, 6.07) is 5.58. The lowest BCUT2D eigenvalue weighted by atomic mass is 10.0. The zero-order valence-corrected chi connectivity index (χ0v) is 11.8. The second kappa shape index (κ2) is 5.43. The van der Waals surface area contributed by atoms with Crippen LogP contribution in [0.2, 0.25) is 10.3 Å². The molecular formula is C14H13Cl2N3. The van der Waals surface area contributed by atoms with Crippen LogP contribution < -0.4 is 0 Å². The molecule has 98 valence electrons. The lowest BCUT2D eigenvalue weighted by Crippen LogP contribution is -2.02. The van der Waals surface area contributed by atoms with Crippen molar-refractivity contribution < 1.29 is 0 Å². The molecule has 1 saturated carbocycles. The van der Waals surface area contributed by atoms with E-state index in [0.29, 0.717) is 27.7 Å². The molecule has 0 radical (unpaired) electrons. The molecule has 0 unspecified atom stereocenters. The maximum Gasteiger partial charge on any atom is 0.181 e. The van der Waals surface area contributed by atoms with Crippen LogP contribution in [0.1, 0.15) is 37.2 Å². The standard InChI is InChI=1S/C14H13Cl2N3/c15-12-11(9-5-1-2-6-9)13(16)19-14(18-12)10-7-3-4-8-17-10/h3-4,7-9H,1-2,5-6H2. The van der Waals surface area contributed by atoms with E-state index >= 15 is 0 Å². The first kappa shape index (κ1) is 12.8. The Bertz CT molecular complexity index is 557. The minimum atomic E-state index is 0.401. The summed E-state index contributed by atoms with van der Waals surface area (Å²) in [6.45, 7) is 0. The topological polar surface area (TPSA) is 38.7 Å². The van der Waals surface area contributed by atoms with Gasteiger partial charge in [0.25, 0.3) is 0 Å². The van der Waals surface area contributed by atoms with Gasteiger partial charge in [0.15, 0.2) is 5.82 Å². The first-order valence-corrected chi connectivity index (χ1v) is 7.15. The fourth-order valence-corrected chi connectivity index (χ4v) is 3.27. The average Bonchev–Trinajstić information content (AvgIpc) is 2.93. The summed E-state index contributed by atoms with van der Waals surface area (Å²) < 4.78 is 0. The highest BCUT2D eigenvalue weighted by Crippen LogP contribution is 2.40. The highest BCUT2D eigenvalue weighted by molar-refractivity contribution is 6.34. The van der Waals surface area contributed by atoms with Gasteiger partial charge in [0, 0.05) is 11.8 Å². The van der Waals surface area contributed by atoms with Crippen LogP contribution in [0.4, 0.5) is 0 Å². The molecular weight excluding hydrogens is 281 g/mol. The molecule has 0 amide bonds. The van der Waals surface area contributed by atoms with Crippen LogP contribution in [0.15, 0.2) is 24.4 Å². The Morgan fingerprint density at radius 1 is 1.00 bits per heavy atom. The van der Waals surface area contributed by atoms with Crippen molar-refractivity contribution in [1.29, 1.82) is 0 Å². The molecule has 2 heterocycles. The average molecular weight is 294 g/mol. The number of hydrogen-bond acceptors (Lipinski definition) is 3. The van der Waals surface area contributed by atoms with E-state index in [1.54, 1.807) is 6.20 Å². The van der Waals surface area contributed by atoms with E-state index in [4.69, 9.17) is 23.2 Å². The van der Waals surface area contributed by atoms with Gasteiger partial charge in [-0.2, -0.15) is 0 Å². The molecule has 0 atom stereocenters. The molecule has 2 aromatic heterocycles. The quantitative estimate of drug-likeness (QED) is 0.765. The predicted molar refractivity (Wildman–Crippen MR) is 76.5 cm³/mol. The van der Waals surface area contributed by atoms with Gasteiger partial charge in [-0.1, -0.05) is 42.1 Å². The second-order valence-electron chi connectivity index (χ2n) is 4.74. The smallest absolute Gasteiger partial charge is 0.181 e. The van der Waals surface area contributed by atoms with Crippen molar-refractivity contribution >= 4 is 23.2 Å². The molecule has 2 aromatic rings. The molecule has 3 rings (SSSR count). The van der Waals surface area contributed by atoms with E-state index in [-0.39, 0.29) is 0 Å². The summed E-state index contributed by atoms with van der Waals surface area (Å²) in [5.74, 6) is 0.884. The third kappa shape index (κ3) is 2.58. The summed E-state index contributed by atoms with van der Waals surface area (Å²) in [5.41, 5.74) is 1.59. The second-order valence-corrected chi connectivity index (χ2v) is 5.45. The maximum absolute atomic E-state index is 6.30. The lowest BCUT2D eigenvalue weighted by molar-refractivity contribution is 0.715. The lowest BCUT2D eigenvalue weighted by Gasteiger charge is -2.13. The fourth-order valence-electron chi connectivity index (χ4n) is 2.58. The first-order valence-electron chi connectivity index (χ1n) is 6.40. The van der Waals surface area contributed by atoms with Crippen LogP contribution >= 0.6 is 23.2 Å². The minimum absolute atomic E-state index is 0.401. The number of hydrogen-bond donors (Lipinski definition) is 0. The maximum atomic E-state index is 6.30. The summed E-state index contributed by atoms with van der Waals surface area (Å²) >= 11 is 12.6. The third-order valence-corrected chi connectivity index (χ3v) is 4.09. The summed E-state index contributed by atoms with van der Waals surface area (Å²) in [7, 11) is 0. The molecule has 1 aliphatic rings. The van der Waals surface area contributed by atoms with Gasteiger partial charge in [-0.05, 0) is 30.9 Å². The van der Waals surface area contributed by atoms with Crippen LogP contribution in [0.25, 0.3) is 11.5 Å². The molecule has 3 nitrogen and oxygen atoms in total.